The monoisotopic (exact) mass is 340 g/mol. The van der Waals surface area contributed by atoms with Gasteiger partial charge >= 0.3 is 5.97 Å². The zero-order chi connectivity index (χ0) is 17.4. The Hall–Kier alpha value is -2.78. The molecule has 3 aromatic rings. The molecule has 0 saturated carbocycles. The molecule has 2 N–H and O–H groups in total. The van der Waals surface area contributed by atoms with Gasteiger partial charge in [-0.3, -0.25) is 0 Å². The maximum Gasteiger partial charge on any atom is 0.335 e. The van der Waals surface area contributed by atoms with Crippen LogP contribution >= 0.6 is 11.6 Å². The van der Waals surface area contributed by atoms with E-state index in [9.17, 15) is 9.90 Å². The molecule has 4 heteroatoms. The maximum absolute atomic E-state index is 10.2. The quantitative estimate of drug-likeness (QED) is 0.703. The molecule has 3 rings (SSSR count). The van der Waals surface area contributed by atoms with Crippen molar-refractivity contribution >= 4 is 17.6 Å². The van der Waals surface area contributed by atoms with Crippen molar-refractivity contribution in [3.63, 3.8) is 0 Å². The summed E-state index contributed by atoms with van der Waals surface area (Å²) in [6.45, 7) is 0. The molecule has 0 fully saturated rings. The average molecular weight is 341 g/mol. The first kappa shape index (κ1) is 17.6. The van der Waals surface area contributed by atoms with Gasteiger partial charge in [0.25, 0.3) is 0 Å². The average Bonchev–Trinajstić information content (AvgIpc) is 2.58. The van der Waals surface area contributed by atoms with Crippen LogP contribution in [0.2, 0.25) is 5.02 Å². The van der Waals surface area contributed by atoms with Crippen LogP contribution in [-0.2, 0) is 6.42 Å². The minimum absolute atomic E-state index is 0.331. The second-order valence-electron chi connectivity index (χ2n) is 5.11. The molecule has 3 nitrogen and oxygen atoms in total. The fourth-order valence-electron chi connectivity index (χ4n) is 2.11. The predicted molar refractivity (Wildman–Crippen MR) is 95.8 cm³/mol. The van der Waals surface area contributed by atoms with Gasteiger partial charge in [-0.15, -0.1) is 0 Å². The van der Waals surface area contributed by atoms with Crippen molar-refractivity contribution in [3.8, 4) is 5.75 Å². The van der Waals surface area contributed by atoms with Crippen LogP contribution in [0.4, 0.5) is 0 Å². The van der Waals surface area contributed by atoms with Crippen LogP contribution < -0.4 is 0 Å². The first-order chi connectivity index (χ1) is 11.6. The van der Waals surface area contributed by atoms with Crippen LogP contribution in [0.1, 0.15) is 21.5 Å². The van der Waals surface area contributed by atoms with E-state index in [0.717, 1.165) is 16.1 Å². The number of para-hydroxylation sites is 1. The van der Waals surface area contributed by atoms with Crippen molar-refractivity contribution in [2.45, 2.75) is 6.42 Å². The molecule has 0 aliphatic heterocycles. The number of hydrogen-bond acceptors (Lipinski definition) is 2. The van der Waals surface area contributed by atoms with E-state index in [1.54, 1.807) is 36.4 Å². The van der Waals surface area contributed by atoms with Gasteiger partial charge in [-0.25, -0.2) is 4.79 Å². The zero-order valence-corrected chi connectivity index (χ0v) is 13.6. The number of aromatic carboxylic acids is 1. The highest BCUT2D eigenvalue weighted by Crippen LogP contribution is 2.21. The van der Waals surface area contributed by atoms with Gasteiger partial charge in [0.15, 0.2) is 0 Å². The van der Waals surface area contributed by atoms with E-state index in [-0.39, 0.29) is 0 Å². The number of benzene rings is 3. The number of halogens is 1. The summed E-state index contributed by atoms with van der Waals surface area (Å²) in [7, 11) is 0. The SMILES string of the molecule is O=C(O)c1ccccc1.Oc1ccccc1Cc1cccc(Cl)c1. The zero-order valence-electron chi connectivity index (χ0n) is 12.9. The van der Waals surface area contributed by atoms with E-state index in [1.807, 2.05) is 42.5 Å². The standard InChI is InChI=1S/C13H11ClO.C7H6O2/c14-12-6-3-4-10(9-12)8-11-5-1-2-7-13(11)15;8-7(9)6-4-2-1-3-5-6/h1-7,9,15H,8H2;1-5H,(H,8,9). The Bertz CT molecular complexity index is 801. The fourth-order valence-corrected chi connectivity index (χ4v) is 2.32. The van der Waals surface area contributed by atoms with Gasteiger partial charge in [0, 0.05) is 11.4 Å². The number of carboxylic acid groups (broad SMARTS) is 1. The van der Waals surface area contributed by atoms with Crippen molar-refractivity contribution in [2.24, 2.45) is 0 Å². The van der Waals surface area contributed by atoms with E-state index >= 15 is 0 Å². The molecule has 0 aromatic heterocycles. The van der Waals surface area contributed by atoms with Gasteiger partial charge in [-0.2, -0.15) is 0 Å². The lowest BCUT2D eigenvalue weighted by Crippen LogP contribution is -1.93. The lowest BCUT2D eigenvalue weighted by atomic mass is 10.0. The smallest absolute Gasteiger partial charge is 0.335 e. The van der Waals surface area contributed by atoms with Gasteiger partial charge in [-0.1, -0.05) is 60.1 Å². The first-order valence-electron chi connectivity index (χ1n) is 7.36. The molecular formula is C20H17ClO3. The van der Waals surface area contributed by atoms with Gasteiger partial charge < -0.3 is 10.2 Å². The van der Waals surface area contributed by atoms with Crippen molar-refractivity contribution in [1.29, 1.82) is 0 Å². The number of phenols is 1. The van der Waals surface area contributed by atoms with Crippen molar-refractivity contribution in [2.75, 3.05) is 0 Å². The molecule has 0 saturated heterocycles. The van der Waals surface area contributed by atoms with Crippen LogP contribution in [0.5, 0.6) is 5.75 Å². The van der Waals surface area contributed by atoms with Gasteiger partial charge in [-0.05, 0) is 41.5 Å². The Kier molecular flexibility index (Phi) is 6.41. The molecule has 0 atom stereocenters. The number of carboxylic acids is 1. The number of hydrogen-bond donors (Lipinski definition) is 2. The molecule has 122 valence electrons. The van der Waals surface area contributed by atoms with Crippen LogP contribution in [0, 0.1) is 0 Å². The summed E-state index contributed by atoms with van der Waals surface area (Å²) < 4.78 is 0. The Morgan fingerprint density at radius 1 is 0.875 bits per heavy atom. The molecule has 3 aromatic carbocycles. The van der Waals surface area contributed by atoms with Crippen LogP contribution in [0.3, 0.4) is 0 Å². The van der Waals surface area contributed by atoms with Crippen LogP contribution in [0.25, 0.3) is 0 Å². The van der Waals surface area contributed by atoms with E-state index in [4.69, 9.17) is 16.7 Å². The molecule has 0 heterocycles. The highest BCUT2D eigenvalue weighted by Gasteiger charge is 2.01. The second-order valence-corrected chi connectivity index (χ2v) is 5.54. The largest absolute Gasteiger partial charge is 0.508 e. The topological polar surface area (TPSA) is 57.5 Å². The van der Waals surface area contributed by atoms with Crippen LogP contribution in [0.15, 0.2) is 78.9 Å². The van der Waals surface area contributed by atoms with E-state index in [1.165, 1.54) is 0 Å². The molecular weight excluding hydrogens is 324 g/mol. The lowest BCUT2D eigenvalue weighted by molar-refractivity contribution is 0.0697. The molecule has 0 unspecified atom stereocenters. The first-order valence-corrected chi connectivity index (χ1v) is 7.73. The number of aromatic hydroxyl groups is 1. The lowest BCUT2D eigenvalue weighted by Gasteiger charge is -2.04. The van der Waals surface area contributed by atoms with Crippen LogP contribution in [-0.4, -0.2) is 16.2 Å². The summed E-state index contributed by atoms with van der Waals surface area (Å²) in [6.07, 6.45) is 0.702. The van der Waals surface area contributed by atoms with E-state index < -0.39 is 5.97 Å². The number of phenolic OH excluding ortho intramolecular Hbond substituents is 1. The van der Waals surface area contributed by atoms with Crippen molar-refractivity contribution in [3.05, 3.63) is 101 Å². The minimum atomic E-state index is -0.879. The van der Waals surface area contributed by atoms with Crippen molar-refractivity contribution < 1.29 is 15.0 Å². The third-order valence-electron chi connectivity index (χ3n) is 3.30. The summed E-state index contributed by atoms with van der Waals surface area (Å²) in [5.74, 6) is -0.548. The maximum atomic E-state index is 10.2. The minimum Gasteiger partial charge on any atom is -0.508 e. The number of rotatable bonds is 3. The Morgan fingerprint density at radius 3 is 2.12 bits per heavy atom. The molecule has 0 amide bonds. The molecule has 24 heavy (non-hydrogen) atoms. The number of carbonyl (C=O) groups is 1. The predicted octanol–water partition coefficient (Wildman–Crippen LogP) is 5.02. The molecule has 0 spiro atoms. The Balaban J connectivity index is 0.000000198. The summed E-state index contributed by atoms with van der Waals surface area (Å²) in [5.41, 5.74) is 2.35. The van der Waals surface area contributed by atoms with Gasteiger partial charge in [0.2, 0.25) is 0 Å². The summed E-state index contributed by atoms with van der Waals surface area (Å²) in [6, 6.07) is 23.3. The summed E-state index contributed by atoms with van der Waals surface area (Å²) in [5, 5.41) is 18.7. The molecule has 0 aliphatic carbocycles. The highest BCUT2D eigenvalue weighted by atomic mass is 35.5. The van der Waals surface area contributed by atoms with Gasteiger partial charge in [0.05, 0.1) is 5.56 Å². The Morgan fingerprint density at radius 2 is 1.54 bits per heavy atom. The normalized spacial score (nSPS) is 9.71. The third-order valence-corrected chi connectivity index (χ3v) is 3.53. The summed E-state index contributed by atoms with van der Waals surface area (Å²) in [4.78, 5) is 10.2. The van der Waals surface area contributed by atoms with E-state index in [0.29, 0.717) is 17.7 Å². The third kappa shape index (κ3) is 5.45. The second kappa shape index (κ2) is 8.75. The molecule has 0 aliphatic rings. The molecule has 0 bridgehead atoms. The fraction of sp³-hybridized carbons (Fsp3) is 0.0500. The summed E-state index contributed by atoms with van der Waals surface area (Å²) >= 11 is 5.89. The van der Waals surface area contributed by atoms with E-state index in [2.05, 4.69) is 0 Å². The van der Waals surface area contributed by atoms with Crippen molar-refractivity contribution in [1.82, 2.24) is 0 Å². The Labute approximate surface area is 145 Å². The van der Waals surface area contributed by atoms with Gasteiger partial charge in [0.1, 0.15) is 5.75 Å². The highest BCUT2D eigenvalue weighted by molar-refractivity contribution is 6.30. The molecule has 0 radical (unpaired) electrons.